The Labute approximate surface area is 152 Å². The Morgan fingerprint density at radius 1 is 1.23 bits per heavy atom. The predicted molar refractivity (Wildman–Crippen MR) is 100 cm³/mol. The normalized spacial score (nSPS) is 16.4. The molecule has 6 nitrogen and oxygen atoms in total. The van der Waals surface area contributed by atoms with E-state index in [0.29, 0.717) is 11.5 Å². The third-order valence-electron chi connectivity index (χ3n) is 5.39. The van der Waals surface area contributed by atoms with Gasteiger partial charge in [0, 0.05) is 31.0 Å². The molecule has 26 heavy (non-hydrogen) atoms. The Morgan fingerprint density at radius 2 is 2.04 bits per heavy atom. The molecule has 3 heterocycles. The van der Waals surface area contributed by atoms with E-state index in [4.69, 9.17) is 4.42 Å². The lowest BCUT2D eigenvalue weighted by molar-refractivity contribution is 0.201. The van der Waals surface area contributed by atoms with Crippen LogP contribution in [-0.4, -0.2) is 32.8 Å². The quantitative estimate of drug-likeness (QED) is 0.676. The minimum absolute atomic E-state index is 0.272. The second kappa shape index (κ2) is 7.03. The third-order valence-corrected chi connectivity index (χ3v) is 5.39. The highest BCUT2D eigenvalue weighted by atomic mass is 16.4. The zero-order valence-electron chi connectivity index (χ0n) is 15.3. The van der Waals surface area contributed by atoms with Gasteiger partial charge in [0.2, 0.25) is 0 Å². The fraction of sp³-hybridized carbons (Fsp3) is 0.450. The summed E-state index contributed by atoms with van der Waals surface area (Å²) < 4.78 is 7.39. The minimum atomic E-state index is -0.272. The number of hydrogen-bond donors (Lipinski definition) is 0. The number of aryl methyl sites for hydroxylation is 2. The maximum absolute atomic E-state index is 11.9. The molecule has 0 radical (unpaired) electrons. The maximum Gasteiger partial charge on any atom is 0.336 e. The molecule has 2 aromatic heterocycles. The monoisotopic (exact) mass is 352 g/mol. The van der Waals surface area contributed by atoms with E-state index in [1.165, 1.54) is 5.56 Å². The molecule has 1 fully saturated rings. The van der Waals surface area contributed by atoms with Crippen molar-refractivity contribution in [3.05, 3.63) is 58.0 Å². The van der Waals surface area contributed by atoms with Crippen molar-refractivity contribution in [1.29, 1.82) is 0 Å². The van der Waals surface area contributed by atoms with Crippen molar-refractivity contribution in [3.63, 3.8) is 0 Å². The summed E-state index contributed by atoms with van der Waals surface area (Å²) in [6.45, 7) is 4.90. The van der Waals surface area contributed by atoms with Crippen LogP contribution in [0.25, 0.3) is 11.0 Å². The van der Waals surface area contributed by atoms with E-state index in [-0.39, 0.29) is 5.63 Å². The molecule has 136 valence electrons. The van der Waals surface area contributed by atoms with Crippen molar-refractivity contribution >= 4 is 11.0 Å². The highest BCUT2D eigenvalue weighted by Gasteiger charge is 2.24. The van der Waals surface area contributed by atoms with Crippen LogP contribution in [0.15, 0.2) is 39.8 Å². The van der Waals surface area contributed by atoms with Gasteiger partial charge in [-0.05, 0) is 55.6 Å². The van der Waals surface area contributed by atoms with Crippen LogP contribution in [0, 0.1) is 0 Å². The van der Waals surface area contributed by atoms with Crippen LogP contribution < -0.4 is 5.63 Å². The van der Waals surface area contributed by atoms with Crippen LogP contribution in [0.2, 0.25) is 0 Å². The van der Waals surface area contributed by atoms with Gasteiger partial charge in [-0.1, -0.05) is 13.0 Å². The molecule has 6 heteroatoms. The lowest BCUT2D eigenvalue weighted by atomic mass is 9.95. The van der Waals surface area contributed by atoms with Gasteiger partial charge in [-0.2, -0.15) is 0 Å². The number of fused-ring (bicyclic) bond motifs is 1. The highest BCUT2D eigenvalue weighted by molar-refractivity contribution is 5.80. The molecular formula is C20H24N4O2. The molecule has 0 bridgehead atoms. The number of aromatic nitrogens is 3. The number of hydrogen-bond acceptors (Lipinski definition) is 5. The average Bonchev–Trinajstić information content (AvgIpc) is 3.08. The number of piperidine rings is 1. The molecular weight excluding hydrogens is 328 g/mol. The minimum Gasteiger partial charge on any atom is -0.423 e. The number of nitrogens with zero attached hydrogens (tertiary/aromatic N) is 4. The molecule has 0 aliphatic carbocycles. The van der Waals surface area contributed by atoms with Gasteiger partial charge in [0.1, 0.15) is 17.7 Å². The Bertz CT molecular complexity index is 967. The SMILES string of the molecule is CCc1ccc2oc(=O)cc(CN3CCC(c4nncn4C)CC3)c2c1. The van der Waals surface area contributed by atoms with Gasteiger partial charge in [-0.25, -0.2) is 4.79 Å². The highest BCUT2D eigenvalue weighted by Crippen LogP contribution is 2.28. The molecule has 1 aromatic carbocycles. The number of rotatable bonds is 4. The van der Waals surface area contributed by atoms with Gasteiger partial charge >= 0.3 is 5.63 Å². The summed E-state index contributed by atoms with van der Waals surface area (Å²) in [5.41, 5.74) is 2.72. The lowest BCUT2D eigenvalue weighted by Gasteiger charge is -2.31. The molecule has 4 rings (SSSR count). The molecule has 0 N–H and O–H groups in total. The zero-order valence-corrected chi connectivity index (χ0v) is 15.3. The summed E-state index contributed by atoms with van der Waals surface area (Å²) in [5.74, 6) is 1.53. The largest absolute Gasteiger partial charge is 0.423 e. The standard InChI is InChI=1S/C20H24N4O2/c1-3-14-4-5-18-17(10-14)16(11-19(25)26-18)12-24-8-6-15(7-9-24)20-22-21-13-23(20)2/h4-5,10-11,13,15H,3,6-9,12H2,1-2H3. The Balaban J connectivity index is 1.53. The third kappa shape index (κ3) is 3.29. The molecule has 0 atom stereocenters. The second-order valence-electron chi connectivity index (χ2n) is 7.13. The summed E-state index contributed by atoms with van der Waals surface area (Å²) in [6, 6.07) is 7.75. The Kier molecular flexibility index (Phi) is 4.59. The molecule has 3 aromatic rings. The maximum atomic E-state index is 11.9. The van der Waals surface area contributed by atoms with Crippen LogP contribution >= 0.6 is 0 Å². The number of likely N-dealkylation sites (tertiary alicyclic amines) is 1. The molecule has 0 saturated carbocycles. The smallest absolute Gasteiger partial charge is 0.336 e. The molecule has 0 amide bonds. The van der Waals surface area contributed by atoms with Crippen LogP contribution in [-0.2, 0) is 20.0 Å². The van der Waals surface area contributed by atoms with E-state index in [9.17, 15) is 4.79 Å². The molecule has 1 saturated heterocycles. The summed E-state index contributed by atoms with van der Waals surface area (Å²) in [6.07, 6.45) is 4.86. The van der Waals surface area contributed by atoms with Crippen LogP contribution in [0.3, 0.4) is 0 Å². The van der Waals surface area contributed by atoms with Crippen LogP contribution in [0.4, 0.5) is 0 Å². The van der Waals surface area contributed by atoms with E-state index in [2.05, 4.69) is 28.1 Å². The van der Waals surface area contributed by atoms with Gasteiger partial charge in [-0.3, -0.25) is 4.90 Å². The van der Waals surface area contributed by atoms with Gasteiger partial charge in [-0.15, -0.1) is 10.2 Å². The lowest BCUT2D eigenvalue weighted by Crippen LogP contribution is -2.33. The van der Waals surface area contributed by atoms with Crippen molar-refractivity contribution < 1.29 is 4.42 Å². The second-order valence-corrected chi connectivity index (χ2v) is 7.13. The van der Waals surface area contributed by atoms with Gasteiger partial charge in [0.25, 0.3) is 0 Å². The fourth-order valence-electron chi connectivity index (χ4n) is 3.88. The van der Waals surface area contributed by atoms with Gasteiger partial charge in [0.05, 0.1) is 0 Å². The summed E-state index contributed by atoms with van der Waals surface area (Å²) >= 11 is 0. The van der Waals surface area contributed by atoms with Crippen molar-refractivity contribution in [1.82, 2.24) is 19.7 Å². The van der Waals surface area contributed by atoms with Crippen LogP contribution in [0.5, 0.6) is 0 Å². The van der Waals surface area contributed by atoms with Crippen molar-refractivity contribution in [3.8, 4) is 0 Å². The average molecular weight is 352 g/mol. The van der Waals surface area contributed by atoms with Crippen LogP contribution in [0.1, 0.15) is 42.6 Å². The van der Waals surface area contributed by atoms with Crippen molar-refractivity contribution in [2.24, 2.45) is 7.05 Å². The first-order valence-corrected chi connectivity index (χ1v) is 9.26. The summed E-state index contributed by atoms with van der Waals surface area (Å²) in [7, 11) is 2.00. The fourth-order valence-corrected chi connectivity index (χ4v) is 3.88. The van der Waals surface area contributed by atoms with Gasteiger partial charge < -0.3 is 8.98 Å². The van der Waals surface area contributed by atoms with E-state index >= 15 is 0 Å². The predicted octanol–water partition coefficient (Wildman–Crippen LogP) is 2.86. The zero-order chi connectivity index (χ0) is 18.1. The number of benzene rings is 1. The molecule has 0 spiro atoms. The first-order chi connectivity index (χ1) is 12.6. The Morgan fingerprint density at radius 3 is 2.73 bits per heavy atom. The van der Waals surface area contributed by atoms with E-state index in [0.717, 1.165) is 55.7 Å². The Hall–Kier alpha value is -2.47. The first-order valence-electron chi connectivity index (χ1n) is 9.26. The topological polar surface area (TPSA) is 64.2 Å². The van der Waals surface area contributed by atoms with E-state index < -0.39 is 0 Å². The molecule has 1 aliphatic heterocycles. The molecule has 1 aliphatic rings. The summed E-state index contributed by atoms with van der Waals surface area (Å²) in [4.78, 5) is 14.4. The van der Waals surface area contributed by atoms with Gasteiger partial charge in [0.15, 0.2) is 0 Å². The molecule has 0 unspecified atom stereocenters. The summed E-state index contributed by atoms with van der Waals surface area (Å²) in [5, 5.41) is 9.31. The van der Waals surface area contributed by atoms with E-state index in [1.54, 1.807) is 12.4 Å². The van der Waals surface area contributed by atoms with E-state index in [1.807, 2.05) is 23.7 Å². The van der Waals surface area contributed by atoms with Crippen molar-refractivity contribution in [2.75, 3.05) is 13.1 Å². The first kappa shape index (κ1) is 17.0. The van der Waals surface area contributed by atoms with Crippen molar-refractivity contribution in [2.45, 2.75) is 38.6 Å².